The molecule has 0 fully saturated rings. The van der Waals surface area contributed by atoms with Crippen LogP contribution in [-0.4, -0.2) is 153 Å². The fourth-order valence-corrected chi connectivity index (χ4v) is 17.4. The summed E-state index contributed by atoms with van der Waals surface area (Å²) in [5.74, 6) is -2.47. The second-order valence-corrected chi connectivity index (χ2v) is 37.3. The molecule has 7 N–H and O–H groups in total. The molecule has 149 heavy (non-hydrogen) atoms. The van der Waals surface area contributed by atoms with Gasteiger partial charge in [0.15, 0.2) is 58.0 Å². The molecule has 0 saturated heterocycles. The molecule has 5 unspecified atom stereocenters. The molecule has 12 aromatic rings. The molecule has 1 aliphatic heterocycles. The zero-order valence-electron chi connectivity index (χ0n) is 78.0. The third-order valence-corrected chi connectivity index (χ3v) is 24.3. The maximum Gasteiger partial charge on any atom is 0.420 e. The minimum absolute atomic E-state index is 0. The van der Waals surface area contributed by atoms with Crippen LogP contribution in [0.4, 0.5) is 75.4 Å². The number of nitrogens with two attached hydrogens (primary N) is 1. The number of carbonyl (C=O) groups excluding carboxylic acids is 4. The van der Waals surface area contributed by atoms with E-state index in [-0.39, 0.29) is 77.9 Å². The van der Waals surface area contributed by atoms with Gasteiger partial charge in [0.2, 0.25) is 0 Å². The third-order valence-electron chi connectivity index (χ3n) is 18.9. The first-order valence-corrected chi connectivity index (χ1v) is 48.9. The van der Waals surface area contributed by atoms with Crippen LogP contribution < -0.4 is 64.4 Å². The zero-order valence-corrected chi connectivity index (χ0v) is 83.5. The van der Waals surface area contributed by atoms with Crippen molar-refractivity contribution in [3.63, 3.8) is 0 Å². The Morgan fingerprint density at radius 1 is 0.497 bits per heavy atom. The second-order valence-electron chi connectivity index (χ2n) is 30.2. The third kappa shape index (κ3) is 41.3. The summed E-state index contributed by atoms with van der Waals surface area (Å²) in [5.41, 5.74) is 6.02. The molecule has 13 rings (SSSR count). The van der Waals surface area contributed by atoms with Gasteiger partial charge < -0.3 is 70.1 Å². The Kier molecular flexibility index (Phi) is 48.6. The number of anilines is 2. The van der Waals surface area contributed by atoms with Crippen LogP contribution in [0.5, 0.6) is 23.0 Å². The number of rotatable bonds is 30. The lowest BCUT2D eigenvalue weighted by atomic mass is 10.1. The Bertz CT molecular complexity index is 6840. The fraction of sp³-hybridized carbons (Fsp3) is 0.234. The summed E-state index contributed by atoms with van der Waals surface area (Å²) in [6, 6.07) is 59.2. The van der Waals surface area contributed by atoms with Gasteiger partial charge in [-0.3, -0.25) is 59.2 Å². The first-order chi connectivity index (χ1) is 68.9. The highest BCUT2D eigenvalue weighted by Gasteiger charge is 2.49. The number of hydrogen-bond acceptors (Lipinski definition) is 32. The number of pyridine rings is 4. The smallest absolute Gasteiger partial charge is 0.420 e. The summed E-state index contributed by atoms with van der Waals surface area (Å²) >= 11 is 0. The number of aliphatic hydroxyl groups excluding tert-OH is 3. The number of nitrogen functional groups attached to an aromatic ring is 1. The second kappa shape index (κ2) is 57.6. The predicted molar refractivity (Wildman–Crippen MR) is 499 cm³/mol. The lowest BCUT2D eigenvalue weighted by Gasteiger charge is -2.25. The van der Waals surface area contributed by atoms with Crippen molar-refractivity contribution < 1.29 is 197 Å². The number of carbonyl (C=O) groups is 4. The van der Waals surface area contributed by atoms with E-state index < -0.39 is 176 Å². The number of fused-ring (bicyclic) bond motifs is 1. The molecule has 0 saturated carbocycles. The summed E-state index contributed by atoms with van der Waals surface area (Å²) in [4.78, 5) is 76.6. The van der Waals surface area contributed by atoms with Gasteiger partial charge in [0.25, 0.3) is 46.9 Å². The number of esters is 4. The highest BCUT2D eigenvalue weighted by atomic mass is 35.7. The molecule has 36 nitrogen and oxygen atoms in total. The van der Waals surface area contributed by atoms with E-state index >= 15 is 0 Å². The van der Waals surface area contributed by atoms with E-state index in [4.69, 9.17) is 45.0 Å². The van der Waals surface area contributed by atoms with E-state index in [0.29, 0.717) is 26.2 Å². The standard InChI is InChI=1S/C30H29F3N4O5S.C16H12F3NO7S.C16H14F3NO5S.C14H16N3O.C10H9F3O3.C6H4ClNO4S.C2H6O.2ClH/c1-22(38)41-26-14-12-23(13-15-26)29(30(31,32)33)42-43(39,40)28-11-3-2-10-27(28)36-18-19-37(20-24-8-4-6-16-34-24)21-25-9-5-7-17-35-25;1-10(21)26-12-8-6-11(7-9-12)15(16(17,18)19)27-28(24,25)14-5-3-2-4-13(14)20(22)23;1-10(21)24-12-8-6-11(7-9-12)15(16(17,18)19)25-26(22,23)14-5-3-2-4-13(14)20;18-14-11-16(9-12-5-1-3-7-15-12)10-13-6-2-4-8-17(13)14;1-6(14)16-8-4-2-7(3-5-8)9(15)10(11,12)13;7-13(11,12)6-4-2-1-3-5(6)8(9)10;1-2-3;;/h2-17,29,36H,18-21H2,1H3;2-9,15H,1H3;2-9,15H,20H2,1H3;1-8,14,18H,9-11H2;2-5,9,15H,1H3;1-4H;3H,2H2,1H3;2*1H/q;;;+1;;;;;/p-1. The molecular weight excluding hydrogens is 2150 g/mol. The Hall–Kier alpha value is -13.9. The molecule has 802 valence electrons. The number of alkyl halides is 12. The van der Waals surface area contributed by atoms with Crippen LogP contribution in [0.2, 0.25) is 0 Å². The number of ether oxygens (including phenoxy) is 4. The van der Waals surface area contributed by atoms with Crippen molar-refractivity contribution in [2.75, 3.05) is 37.3 Å². The molecule has 8 aromatic carbocycles. The number of nitrogens with one attached hydrogen (secondary N) is 2. The van der Waals surface area contributed by atoms with Crippen LogP contribution in [0.1, 0.15) is 110 Å². The maximum absolute atomic E-state index is 14.0. The van der Waals surface area contributed by atoms with Gasteiger partial charge in [-0.15, -0.1) is 0 Å². The van der Waals surface area contributed by atoms with Crippen molar-refractivity contribution in [2.24, 2.45) is 0 Å². The minimum Gasteiger partial charge on any atom is -1.00 e. The number of β-amino-alcohol motifs (C(OH)–C–C–N with tert-alkyl or cyclic N) is 1. The zero-order chi connectivity index (χ0) is 109. The van der Waals surface area contributed by atoms with Gasteiger partial charge in [-0.25, -0.2) is 26.0 Å². The van der Waals surface area contributed by atoms with E-state index in [0.717, 1.165) is 184 Å². The molecule has 4 aromatic heterocycles. The number of aliphatic hydroxyl groups is 3. The molecule has 1 aliphatic rings. The number of aromatic nitrogens is 4. The lowest BCUT2D eigenvalue weighted by molar-refractivity contribution is -0.773. The topological polar surface area (TPSA) is 505 Å². The van der Waals surface area contributed by atoms with Crippen molar-refractivity contribution in [1.29, 1.82) is 0 Å². The predicted octanol–water partition coefficient (Wildman–Crippen LogP) is 10.3. The molecule has 0 bridgehead atoms. The molecule has 0 radical (unpaired) electrons. The van der Waals surface area contributed by atoms with Crippen molar-refractivity contribution in [3.05, 3.63) is 357 Å². The molecule has 55 heteroatoms. The van der Waals surface area contributed by atoms with E-state index in [1.54, 1.807) is 25.4 Å². The van der Waals surface area contributed by atoms with Gasteiger partial charge in [0.1, 0.15) is 32.8 Å². The molecule has 5 heterocycles. The minimum atomic E-state index is -5.15. The van der Waals surface area contributed by atoms with Gasteiger partial charge in [0.05, 0.1) is 52.2 Å². The molecule has 0 aliphatic carbocycles. The van der Waals surface area contributed by atoms with Crippen LogP contribution in [0.25, 0.3) is 0 Å². The van der Waals surface area contributed by atoms with Gasteiger partial charge >= 0.3 is 58.7 Å². The lowest BCUT2D eigenvalue weighted by Crippen LogP contribution is -3.00. The number of para-hydroxylation sites is 4. The van der Waals surface area contributed by atoms with Crippen molar-refractivity contribution in [2.45, 2.75) is 136 Å². The van der Waals surface area contributed by atoms with Crippen LogP contribution >= 0.6 is 10.7 Å². The quantitative estimate of drug-likeness (QED) is 0.00321. The molecule has 5 atom stereocenters. The van der Waals surface area contributed by atoms with Gasteiger partial charge in [0, 0.05) is 120 Å². The van der Waals surface area contributed by atoms with E-state index in [9.17, 15) is 131 Å². The normalized spacial score (nSPS) is 13.3. The summed E-state index contributed by atoms with van der Waals surface area (Å²) in [7, 11) is -13.9. The number of halogens is 15. The van der Waals surface area contributed by atoms with Gasteiger partial charge in [-0.05, 0) is 138 Å². The fourth-order valence-electron chi connectivity index (χ4n) is 12.7. The molecular formula is C94H91Cl3F12N10O26S4. The van der Waals surface area contributed by atoms with Crippen LogP contribution in [0.3, 0.4) is 0 Å². The highest BCUT2D eigenvalue weighted by molar-refractivity contribution is 8.13. The maximum atomic E-state index is 14.0. The average molecular weight is 2240 g/mol. The van der Waals surface area contributed by atoms with Crippen molar-refractivity contribution in [1.82, 2.24) is 19.8 Å². The summed E-state index contributed by atoms with van der Waals surface area (Å²) in [6.07, 6.45) is -24.1. The van der Waals surface area contributed by atoms with Crippen molar-refractivity contribution in [3.8, 4) is 23.0 Å². The van der Waals surface area contributed by atoms with Gasteiger partial charge in [-0.2, -0.15) is 82.5 Å². The van der Waals surface area contributed by atoms with Gasteiger partial charge in [-0.1, -0.05) is 121 Å². The first kappa shape index (κ1) is 126. The van der Waals surface area contributed by atoms with Crippen LogP contribution in [0.15, 0.2) is 311 Å². The number of hydrogen-bond donors (Lipinski definition) is 5. The first-order valence-electron chi connectivity index (χ1n) is 42.4. The summed E-state index contributed by atoms with van der Waals surface area (Å²) in [6.45, 7) is 10.5. The largest absolute Gasteiger partial charge is 1.00 e. The summed E-state index contributed by atoms with van der Waals surface area (Å²) in [5, 5.41) is 50.9. The van der Waals surface area contributed by atoms with E-state index in [1.807, 2.05) is 77.6 Å². The number of nitrogens with zero attached hydrogens (tertiary/aromatic N) is 7. The Morgan fingerprint density at radius 3 is 1.21 bits per heavy atom. The number of nitro groups is 2. The van der Waals surface area contributed by atoms with E-state index in [1.165, 1.54) is 67.6 Å². The number of H-pyrrole nitrogens is 1. The van der Waals surface area contributed by atoms with Crippen LogP contribution in [0, 0.1) is 20.2 Å². The summed E-state index contributed by atoms with van der Waals surface area (Å²) < 4.78 is 290. The molecule has 0 amide bonds. The Labute approximate surface area is 860 Å². The van der Waals surface area contributed by atoms with Crippen LogP contribution in [-0.2, 0) is 97.3 Å². The van der Waals surface area contributed by atoms with Crippen molar-refractivity contribution >= 4 is 96.7 Å². The highest BCUT2D eigenvalue weighted by Crippen LogP contribution is 2.44. The van der Waals surface area contributed by atoms with E-state index in [2.05, 4.69) is 55.3 Å². The SMILES string of the molecule is CC(=O)Oc1ccc(C(O)C(F)(F)F)cc1.CC(=O)Oc1ccc(C(OS(=O)(=O)c2ccccc2N)C(F)(F)F)cc1.CC(=O)Oc1ccc(C(OS(=O)(=O)c2ccccc2NCCN(Cc2ccccn2)Cc2ccccn2)C(F)(F)F)cc1.CC(=O)Oc1ccc(C(OS(=O)(=O)c2ccccc2[N+](=O)[O-])C(F)(F)F)cc1.CCO.O=[N+]([O-])c1ccccc1S(=O)(=O)Cl.OC1CN(Cc2cccc[nH+]2)Cc2cccc[n+]21.[Cl-].[Cl-]. The number of aromatic amines is 1. The molecule has 0 spiro atoms. The average Bonchev–Trinajstić information content (AvgIpc) is 0.785. The number of benzene rings is 8. The number of nitro benzene ring substituents is 2. The monoisotopic (exact) mass is 2240 g/mol. The Balaban J connectivity index is 0.000000325. The Morgan fingerprint density at radius 2 is 0.846 bits per heavy atom.